The Morgan fingerprint density at radius 1 is 1.35 bits per heavy atom. The zero-order valence-corrected chi connectivity index (χ0v) is 14.6. The van der Waals surface area contributed by atoms with Gasteiger partial charge in [-0.05, 0) is 31.5 Å². The lowest BCUT2D eigenvalue weighted by molar-refractivity contribution is 0.102. The van der Waals surface area contributed by atoms with Crippen molar-refractivity contribution < 1.29 is 9.18 Å². The number of rotatable bonds is 3. The third-order valence-corrected chi connectivity index (χ3v) is 4.80. The number of halogens is 1. The summed E-state index contributed by atoms with van der Waals surface area (Å²) in [6.45, 7) is 1.78. The normalized spacial score (nSPS) is 19.7. The first-order chi connectivity index (χ1) is 12.3. The van der Waals surface area contributed by atoms with Gasteiger partial charge in [-0.15, -0.1) is 0 Å². The van der Waals surface area contributed by atoms with Gasteiger partial charge in [0.1, 0.15) is 11.5 Å². The summed E-state index contributed by atoms with van der Waals surface area (Å²) in [6, 6.07) is 5.05. The monoisotopic (exact) mass is 377 g/mol. The molecule has 26 heavy (non-hydrogen) atoms. The molecule has 1 atom stereocenters. The second-order valence-electron chi connectivity index (χ2n) is 5.97. The summed E-state index contributed by atoms with van der Waals surface area (Å²) in [5, 5.41) is 2.92. The standard InChI is InChI=1S/C16H16FN5O3S/c1-16(4-5-26-14(18)22-16)9-6-8(2-3-10(9)17)19-13(24)11-7-12(23)21-15(25)20-11/h2-3,6-7H,4-5H2,1H3,(H2,18,22)(H,19,24)(H2,20,21,23,25). The first kappa shape index (κ1) is 17.9. The Kier molecular flexibility index (Phi) is 4.68. The number of anilines is 1. The van der Waals surface area contributed by atoms with Crippen molar-refractivity contribution in [3.8, 4) is 0 Å². The molecule has 10 heteroatoms. The van der Waals surface area contributed by atoms with E-state index in [1.54, 1.807) is 6.92 Å². The maximum absolute atomic E-state index is 14.4. The molecule has 0 aliphatic carbocycles. The van der Waals surface area contributed by atoms with Gasteiger partial charge in [0.25, 0.3) is 11.5 Å². The Hall–Kier alpha value is -2.88. The minimum Gasteiger partial charge on any atom is -0.379 e. The number of hydrogen-bond acceptors (Lipinski definition) is 6. The zero-order chi connectivity index (χ0) is 18.9. The molecule has 2 heterocycles. The van der Waals surface area contributed by atoms with Crippen LogP contribution in [0.25, 0.3) is 0 Å². The number of aromatic amines is 2. The molecule has 3 rings (SSSR count). The fraction of sp³-hybridized carbons (Fsp3) is 0.250. The first-order valence-corrected chi connectivity index (χ1v) is 8.68. The van der Waals surface area contributed by atoms with E-state index in [1.165, 1.54) is 30.0 Å². The predicted octanol–water partition coefficient (Wildman–Crippen LogP) is 1.12. The van der Waals surface area contributed by atoms with Crippen molar-refractivity contribution in [3.05, 3.63) is 62.2 Å². The average Bonchev–Trinajstić information content (AvgIpc) is 2.55. The summed E-state index contributed by atoms with van der Waals surface area (Å²) in [5.74, 6) is -0.452. The molecule has 8 nitrogen and oxygen atoms in total. The Morgan fingerprint density at radius 3 is 2.81 bits per heavy atom. The SMILES string of the molecule is CC1(c2cc(NC(=O)c3cc(=O)[nH]c(=O)[nH]3)ccc2F)CCSC(N)=N1. The van der Waals surface area contributed by atoms with Crippen molar-refractivity contribution in [1.29, 1.82) is 0 Å². The van der Waals surface area contributed by atoms with Crippen molar-refractivity contribution in [2.24, 2.45) is 10.7 Å². The molecule has 1 aliphatic heterocycles. The second kappa shape index (κ2) is 6.79. The van der Waals surface area contributed by atoms with Gasteiger partial charge in [0, 0.05) is 23.1 Å². The van der Waals surface area contributed by atoms with E-state index in [1.807, 2.05) is 4.98 Å². The van der Waals surface area contributed by atoms with Gasteiger partial charge in [-0.25, -0.2) is 9.18 Å². The number of nitrogens with zero attached hydrogens (tertiary/aromatic N) is 1. The van der Waals surface area contributed by atoms with Crippen LogP contribution in [0.15, 0.2) is 38.8 Å². The number of nitrogens with one attached hydrogen (secondary N) is 3. The maximum atomic E-state index is 14.4. The van der Waals surface area contributed by atoms with Gasteiger partial charge in [0.05, 0.1) is 5.54 Å². The fourth-order valence-electron chi connectivity index (χ4n) is 2.69. The molecular formula is C16H16FN5O3S. The molecule has 1 unspecified atom stereocenters. The number of thioether (sulfide) groups is 1. The van der Waals surface area contributed by atoms with E-state index in [0.717, 1.165) is 6.07 Å². The maximum Gasteiger partial charge on any atom is 0.326 e. The lowest BCUT2D eigenvalue weighted by atomic mass is 9.89. The van der Waals surface area contributed by atoms with Crippen LogP contribution in [0.1, 0.15) is 29.4 Å². The molecule has 1 amide bonds. The number of H-pyrrole nitrogens is 2. The Balaban J connectivity index is 1.93. The first-order valence-electron chi connectivity index (χ1n) is 7.70. The summed E-state index contributed by atoms with van der Waals surface area (Å²) in [7, 11) is 0. The van der Waals surface area contributed by atoms with Crippen molar-refractivity contribution in [3.63, 3.8) is 0 Å². The van der Waals surface area contributed by atoms with E-state index in [0.29, 0.717) is 28.6 Å². The highest BCUT2D eigenvalue weighted by Gasteiger charge is 2.32. The number of amidine groups is 1. The number of benzene rings is 1. The molecule has 5 N–H and O–H groups in total. The fourth-order valence-corrected chi connectivity index (χ4v) is 3.66. The van der Waals surface area contributed by atoms with Crippen molar-refractivity contribution in [1.82, 2.24) is 9.97 Å². The molecule has 1 aromatic heterocycles. The van der Waals surface area contributed by atoms with Crippen LogP contribution < -0.4 is 22.3 Å². The van der Waals surface area contributed by atoms with Crippen LogP contribution in [0.2, 0.25) is 0 Å². The largest absolute Gasteiger partial charge is 0.379 e. The summed E-state index contributed by atoms with van der Waals surface area (Å²) in [5.41, 5.74) is 3.86. The lowest BCUT2D eigenvalue weighted by Gasteiger charge is -2.30. The molecule has 0 saturated heterocycles. The van der Waals surface area contributed by atoms with Crippen LogP contribution in [0, 0.1) is 5.82 Å². The van der Waals surface area contributed by atoms with Crippen LogP contribution in [-0.2, 0) is 5.54 Å². The third-order valence-electron chi connectivity index (χ3n) is 4.01. The average molecular weight is 377 g/mol. The highest BCUT2D eigenvalue weighted by molar-refractivity contribution is 8.13. The van der Waals surface area contributed by atoms with E-state index in [4.69, 9.17) is 5.73 Å². The Bertz CT molecular complexity index is 987. The van der Waals surface area contributed by atoms with E-state index >= 15 is 0 Å². The smallest absolute Gasteiger partial charge is 0.326 e. The summed E-state index contributed by atoms with van der Waals surface area (Å²) >= 11 is 1.40. The predicted molar refractivity (Wildman–Crippen MR) is 98.1 cm³/mol. The van der Waals surface area contributed by atoms with Crippen molar-refractivity contribution in [2.45, 2.75) is 18.9 Å². The van der Waals surface area contributed by atoms with E-state index in [9.17, 15) is 18.8 Å². The lowest BCUT2D eigenvalue weighted by Crippen LogP contribution is -2.30. The van der Waals surface area contributed by atoms with Crippen LogP contribution >= 0.6 is 11.8 Å². The van der Waals surface area contributed by atoms with Crippen LogP contribution in [0.4, 0.5) is 10.1 Å². The van der Waals surface area contributed by atoms with Crippen LogP contribution in [0.3, 0.4) is 0 Å². The van der Waals surface area contributed by atoms with E-state index in [-0.39, 0.29) is 5.69 Å². The number of amides is 1. The highest BCUT2D eigenvalue weighted by Crippen LogP contribution is 2.37. The molecule has 1 aromatic carbocycles. The number of aliphatic imine (C=N–C) groups is 1. The van der Waals surface area contributed by atoms with Gasteiger partial charge in [-0.2, -0.15) is 0 Å². The number of nitrogens with two attached hydrogens (primary N) is 1. The number of carbonyl (C=O) groups is 1. The molecular weight excluding hydrogens is 361 g/mol. The van der Waals surface area contributed by atoms with E-state index < -0.39 is 28.5 Å². The zero-order valence-electron chi connectivity index (χ0n) is 13.8. The highest BCUT2D eigenvalue weighted by atomic mass is 32.2. The van der Waals surface area contributed by atoms with Crippen molar-refractivity contribution >= 4 is 28.5 Å². The number of carbonyl (C=O) groups excluding carboxylic acids is 1. The van der Waals surface area contributed by atoms with Crippen LogP contribution in [0.5, 0.6) is 0 Å². The summed E-state index contributed by atoms with van der Waals surface area (Å²) in [6.07, 6.45) is 0.591. The minimum atomic E-state index is -0.835. The second-order valence-corrected chi connectivity index (χ2v) is 7.09. The Labute approximate surface area is 151 Å². The molecule has 0 bridgehead atoms. The van der Waals surface area contributed by atoms with Gasteiger partial charge in [-0.3, -0.25) is 19.6 Å². The molecule has 0 spiro atoms. The molecule has 0 fully saturated rings. The van der Waals surface area contributed by atoms with Gasteiger partial charge < -0.3 is 16.0 Å². The molecule has 1 aliphatic rings. The molecule has 2 aromatic rings. The Morgan fingerprint density at radius 2 is 2.12 bits per heavy atom. The van der Waals surface area contributed by atoms with E-state index in [2.05, 4.69) is 15.3 Å². The number of aromatic nitrogens is 2. The van der Waals surface area contributed by atoms with Crippen LogP contribution in [-0.4, -0.2) is 26.8 Å². The molecule has 136 valence electrons. The van der Waals surface area contributed by atoms with Gasteiger partial charge >= 0.3 is 5.69 Å². The molecule has 0 saturated carbocycles. The summed E-state index contributed by atoms with van der Waals surface area (Å²) < 4.78 is 14.4. The van der Waals surface area contributed by atoms with Crippen molar-refractivity contribution in [2.75, 3.05) is 11.1 Å². The minimum absolute atomic E-state index is 0.202. The number of hydrogen-bond donors (Lipinski definition) is 4. The van der Waals surface area contributed by atoms with Gasteiger partial charge in [0.15, 0.2) is 5.17 Å². The van der Waals surface area contributed by atoms with Gasteiger partial charge in [-0.1, -0.05) is 11.8 Å². The topological polar surface area (TPSA) is 133 Å². The summed E-state index contributed by atoms with van der Waals surface area (Å²) in [4.78, 5) is 43.4. The van der Waals surface area contributed by atoms with Gasteiger partial charge in [0.2, 0.25) is 0 Å². The third kappa shape index (κ3) is 3.69. The quantitative estimate of drug-likeness (QED) is 0.636. The molecule has 0 radical (unpaired) electrons.